The summed E-state index contributed by atoms with van der Waals surface area (Å²) in [4.78, 5) is 16.2. The van der Waals surface area contributed by atoms with E-state index in [0.29, 0.717) is 34.7 Å². The first-order chi connectivity index (χ1) is 11.0. The molecule has 1 aromatic heterocycles. The van der Waals surface area contributed by atoms with Gasteiger partial charge in [0.1, 0.15) is 5.69 Å². The molecule has 23 heavy (non-hydrogen) atoms. The van der Waals surface area contributed by atoms with E-state index in [1.54, 1.807) is 24.4 Å². The molecule has 0 aliphatic heterocycles. The molecular weight excluding hydrogens is 333 g/mol. The van der Waals surface area contributed by atoms with Gasteiger partial charge < -0.3 is 10.6 Å². The zero-order valence-corrected chi connectivity index (χ0v) is 14.6. The number of hydrogen-bond acceptors (Lipinski definition) is 3. The summed E-state index contributed by atoms with van der Waals surface area (Å²) >= 11 is 12.0. The summed E-state index contributed by atoms with van der Waals surface area (Å²) < 4.78 is 0. The number of halogens is 2. The topological polar surface area (TPSA) is 54.0 Å². The number of benzene rings is 1. The van der Waals surface area contributed by atoms with Crippen molar-refractivity contribution >= 4 is 34.8 Å². The van der Waals surface area contributed by atoms with E-state index >= 15 is 0 Å². The summed E-state index contributed by atoms with van der Waals surface area (Å²) in [6, 6.07) is 9.21. The van der Waals surface area contributed by atoms with E-state index in [4.69, 9.17) is 23.2 Å². The molecule has 0 saturated heterocycles. The van der Waals surface area contributed by atoms with Crippen molar-refractivity contribution in [1.82, 2.24) is 10.3 Å². The summed E-state index contributed by atoms with van der Waals surface area (Å²) in [5.74, 6) is -0.203. The van der Waals surface area contributed by atoms with Crippen LogP contribution < -0.4 is 10.6 Å². The lowest BCUT2D eigenvalue weighted by Crippen LogP contribution is -2.26. The predicted molar refractivity (Wildman–Crippen MR) is 95.5 cm³/mol. The van der Waals surface area contributed by atoms with Crippen molar-refractivity contribution in [2.75, 3.05) is 11.9 Å². The van der Waals surface area contributed by atoms with Gasteiger partial charge in [0.25, 0.3) is 5.91 Å². The van der Waals surface area contributed by atoms with Crippen LogP contribution in [0.2, 0.25) is 10.0 Å². The third-order valence-corrected chi connectivity index (χ3v) is 3.73. The monoisotopic (exact) mass is 351 g/mol. The summed E-state index contributed by atoms with van der Waals surface area (Å²) in [7, 11) is 0. The molecule has 1 heterocycles. The van der Waals surface area contributed by atoms with Gasteiger partial charge in [0, 0.05) is 22.6 Å². The molecule has 122 valence electrons. The molecular formula is C17H19Cl2N3O. The number of pyridine rings is 1. The molecule has 2 aromatic rings. The molecule has 0 unspecified atom stereocenters. The van der Waals surface area contributed by atoms with E-state index in [2.05, 4.69) is 15.6 Å². The Labute approximate surface area is 146 Å². The first-order valence-electron chi connectivity index (χ1n) is 7.40. The number of nitrogens with zero attached hydrogens (tertiary/aromatic N) is 1. The van der Waals surface area contributed by atoms with Gasteiger partial charge >= 0.3 is 0 Å². The van der Waals surface area contributed by atoms with Gasteiger partial charge in [-0.15, -0.1) is 0 Å². The van der Waals surface area contributed by atoms with Gasteiger partial charge in [-0.3, -0.25) is 4.79 Å². The van der Waals surface area contributed by atoms with Crippen LogP contribution in [0.5, 0.6) is 0 Å². The Balaban J connectivity index is 1.87. The van der Waals surface area contributed by atoms with Crippen LogP contribution in [-0.4, -0.2) is 23.5 Å². The lowest BCUT2D eigenvalue weighted by Gasteiger charge is -2.10. The van der Waals surface area contributed by atoms with Crippen LogP contribution in [0.15, 0.2) is 36.5 Å². The van der Waals surface area contributed by atoms with Crippen molar-refractivity contribution in [2.45, 2.75) is 26.3 Å². The number of carbonyl (C=O) groups excluding carboxylic acids is 1. The van der Waals surface area contributed by atoms with Crippen LogP contribution in [0.3, 0.4) is 0 Å². The van der Waals surface area contributed by atoms with Gasteiger partial charge in [0.05, 0.1) is 11.9 Å². The molecule has 0 bridgehead atoms. The Morgan fingerprint density at radius 3 is 2.61 bits per heavy atom. The first kappa shape index (κ1) is 17.6. The maximum absolute atomic E-state index is 12.1. The first-order valence-corrected chi connectivity index (χ1v) is 8.16. The van der Waals surface area contributed by atoms with Crippen LogP contribution in [0.1, 0.15) is 29.9 Å². The molecule has 2 rings (SSSR count). The molecule has 6 heteroatoms. The molecule has 1 aromatic carbocycles. The van der Waals surface area contributed by atoms with Crippen molar-refractivity contribution in [2.24, 2.45) is 0 Å². The fourth-order valence-electron chi connectivity index (χ4n) is 2.07. The van der Waals surface area contributed by atoms with Crippen LogP contribution in [0.4, 0.5) is 5.69 Å². The second kappa shape index (κ2) is 8.18. The highest BCUT2D eigenvalue weighted by Crippen LogP contribution is 2.21. The number of amides is 1. The second-order valence-electron chi connectivity index (χ2n) is 5.47. The molecule has 0 aliphatic rings. The molecule has 0 atom stereocenters. The average Bonchev–Trinajstić information content (AvgIpc) is 2.49. The van der Waals surface area contributed by atoms with Gasteiger partial charge in [-0.2, -0.15) is 0 Å². The van der Waals surface area contributed by atoms with Crippen LogP contribution >= 0.6 is 23.2 Å². The van der Waals surface area contributed by atoms with E-state index < -0.39 is 0 Å². The summed E-state index contributed by atoms with van der Waals surface area (Å²) in [6.07, 6.45) is 2.29. The maximum Gasteiger partial charge on any atom is 0.269 e. The highest BCUT2D eigenvalue weighted by Gasteiger charge is 2.08. The van der Waals surface area contributed by atoms with E-state index in [9.17, 15) is 4.79 Å². The molecule has 0 spiro atoms. The summed E-state index contributed by atoms with van der Waals surface area (Å²) in [5, 5.41) is 7.27. The number of hydrogen-bond donors (Lipinski definition) is 2. The Hall–Kier alpha value is -1.78. The van der Waals surface area contributed by atoms with Crippen molar-refractivity contribution in [3.05, 3.63) is 57.8 Å². The highest BCUT2D eigenvalue weighted by molar-refractivity contribution is 6.35. The minimum absolute atomic E-state index is 0.203. The highest BCUT2D eigenvalue weighted by atomic mass is 35.5. The molecule has 4 nitrogen and oxygen atoms in total. The third-order valence-electron chi connectivity index (χ3n) is 3.15. The number of carbonyl (C=O) groups is 1. The molecule has 0 aliphatic carbocycles. The molecule has 0 fully saturated rings. The quantitative estimate of drug-likeness (QED) is 0.820. The fourth-order valence-corrected chi connectivity index (χ4v) is 2.58. The zero-order chi connectivity index (χ0) is 16.8. The summed E-state index contributed by atoms with van der Waals surface area (Å²) in [6.45, 7) is 4.57. The standard InChI is InChI=1S/C17H19Cl2N3O/c1-11(2)22-14-5-6-16(21-10-14)17(23)20-8-7-12-3-4-13(18)9-15(12)19/h3-6,9-11,22H,7-8H2,1-2H3,(H,20,23). The largest absolute Gasteiger partial charge is 0.382 e. The van der Waals surface area contributed by atoms with Crippen molar-refractivity contribution in [1.29, 1.82) is 0 Å². The van der Waals surface area contributed by atoms with Gasteiger partial charge in [-0.05, 0) is 50.1 Å². The molecule has 2 N–H and O–H groups in total. The molecule has 1 amide bonds. The van der Waals surface area contributed by atoms with Gasteiger partial charge in [0.15, 0.2) is 0 Å². The van der Waals surface area contributed by atoms with E-state index in [1.807, 2.05) is 26.0 Å². The molecule has 0 saturated carbocycles. The Bertz CT molecular complexity index is 672. The van der Waals surface area contributed by atoms with Gasteiger partial charge in [0.2, 0.25) is 0 Å². The predicted octanol–water partition coefficient (Wildman–Crippen LogP) is 4.18. The minimum Gasteiger partial charge on any atom is -0.382 e. The Kier molecular flexibility index (Phi) is 6.25. The normalized spacial score (nSPS) is 10.7. The van der Waals surface area contributed by atoms with Crippen LogP contribution in [0.25, 0.3) is 0 Å². The second-order valence-corrected chi connectivity index (χ2v) is 6.32. The van der Waals surface area contributed by atoms with Gasteiger partial charge in [-0.25, -0.2) is 4.98 Å². The van der Waals surface area contributed by atoms with Crippen LogP contribution in [0, 0.1) is 0 Å². The van der Waals surface area contributed by atoms with E-state index in [1.165, 1.54) is 0 Å². The molecule has 0 radical (unpaired) electrons. The smallest absolute Gasteiger partial charge is 0.269 e. The lowest BCUT2D eigenvalue weighted by atomic mass is 10.1. The summed E-state index contributed by atoms with van der Waals surface area (Å²) in [5.41, 5.74) is 2.23. The van der Waals surface area contributed by atoms with Crippen LogP contribution in [-0.2, 0) is 6.42 Å². The Morgan fingerprint density at radius 1 is 1.22 bits per heavy atom. The van der Waals surface area contributed by atoms with E-state index in [0.717, 1.165) is 11.3 Å². The number of anilines is 1. The number of nitrogens with one attached hydrogen (secondary N) is 2. The minimum atomic E-state index is -0.203. The lowest BCUT2D eigenvalue weighted by molar-refractivity contribution is 0.0949. The maximum atomic E-state index is 12.1. The zero-order valence-electron chi connectivity index (χ0n) is 13.1. The van der Waals surface area contributed by atoms with Crippen molar-refractivity contribution in [3.8, 4) is 0 Å². The average molecular weight is 352 g/mol. The number of aromatic nitrogens is 1. The number of rotatable bonds is 6. The third kappa shape index (κ3) is 5.41. The Morgan fingerprint density at radius 2 is 2.00 bits per heavy atom. The van der Waals surface area contributed by atoms with Crippen molar-refractivity contribution in [3.63, 3.8) is 0 Å². The SMILES string of the molecule is CC(C)Nc1ccc(C(=O)NCCc2ccc(Cl)cc2Cl)nc1. The van der Waals surface area contributed by atoms with Gasteiger partial charge in [-0.1, -0.05) is 29.3 Å². The fraction of sp³-hybridized carbons (Fsp3) is 0.294. The van der Waals surface area contributed by atoms with E-state index in [-0.39, 0.29) is 5.91 Å². The van der Waals surface area contributed by atoms with Crippen molar-refractivity contribution < 1.29 is 4.79 Å².